The van der Waals surface area contributed by atoms with Crippen molar-refractivity contribution < 1.29 is 20.0 Å². The van der Waals surface area contributed by atoms with Gasteiger partial charge < -0.3 is 0 Å². The summed E-state index contributed by atoms with van der Waals surface area (Å²) in [4.78, 5) is 0. The topological polar surface area (TPSA) is 0 Å². The van der Waals surface area contributed by atoms with Crippen LogP contribution in [0.25, 0.3) is 34.4 Å². The van der Waals surface area contributed by atoms with Crippen molar-refractivity contribution in [3.8, 4) is 22.3 Å². The first-order chi connectivity index (χ1) is 21.5. The maximum atomic E-state index is 2.63. The first kappa shape index (κ1) is 36.1. The minimum Gasteiger partial charge on any atom is -0.147 e. The molecule has 0 aromatic heterocycles. The Hall–Kier alpha value is -2.19. The molecule has 7 rings (SSSR count). The Labute approximate surface area is 301 Å². The van der Waals surface area contributed by atoms with Crippen LogP contribution >= 0.6 is 24.8 Å². The smallest absolute Gasteiger partial charge is 0.147 e. The van der Waals surface area contributed by atoms with Crippen LogP contribution in [0.15, 0.2) is 96.1 Å². The van der Waals surface area contributed by atoms with Gasteiger partial charge in [-0.15, -0.1) is 24.8 Å². The van der Waals surface area contributed by atoms with Crippen molar-refractivity contribution in [1.82, 2.24) is 0 Å². The zero-order valence-corrected chi connectivity index (χ0v) is 34.8. The van der Waals surface area contributed by atoms with Gasteiger partial charge in [0.25, 0.3) is 0 Å². The molecule has 0 amide bonds. The summed E-state index contributed by atoms with van der Waals surface area (Å²) in [5, 5.41) is 0. The SMILES string of the molecule is CCC1=Cc2c(-c3ccc(C(C)(C)C)cc3)cccc2[CH]1[Hf]1([CH]2C(CC)=Cc3c(-c4ccc(C(C)(C)C)cc4)cccc32)[CH2][CH2]1.Cl.Cl. The number of halogens is 2. The molecule has 0 spiro atoms. The molecular formula is C44H52Cl2Hf. The molecule has 0 saturated carbocycles. The van der Waals surface area contributed by atoms with E-state index in [-0.39, 0.29) is 35.6 Å². The predicted octanol–water partition coefficient (Wildman–Crippen LogP) is 13.9. The van der Waals surface area contributed by atoms with Crippen LogP contribution in [0, 0.1) is 0 Å². The van der Waals surface area contributed by atoms with Crippen molar-refractivity contribution in [1.29, 1.82) is 0 Å². The Kier molecular flexibility index (Phi) is 10.2. The minimum absolute atomic E-state index is 0. The van der Waals surface area contributed by atoms with E-state index in [9.17, 15) is 0 Å². The fraction of sp³-hybridized carbons (Fsp3) is 0.364. The molecule has 246 valence electrons. The Morgan fingerprint density at radius 3 is 1.19 bits per heavy atom. The van der Waals surface area contributed by atoms with Gasteiger partial charge in [-0.1, -0.05) is 0 Å². The first-order valence-electron chi connectivity index (χ1n) is 17.3. The van der Waals surface area contributed by atoms with Gasteiger partial charge in [0.05, 0.1) is 0 Å². The average molecular weight is 830 g/mol. The molecule has 2 aliphatic carbocycles. The molecule has 1 aliphatic heterocycles. The molecule has 4 aromatic carbocycles. The van der Waals surface area contributed by atoms with E-state index in [1.165, 1.54) is 52.9 Å². The first-order valence-corrected chi connectivity index (χ1v) is 26.6. The molecule has 4 aromatic rings. The largest absolute Gasteiger partial charge is 0.147 e. The quantitative estimate of drug-likeness (QED) is 0.170. The number of benzene rings is 4. The predicted molar refractivity (Wildman–Crippen MR) is 207 cm³/mol. The van der Waals surface area contributed by atoms with Crippen LogP contribution in [-0.2, 0) is 30.8 Å². The van der Waals surface area contributed by atoms with Crippen LogP contribution in [0.5, 0.6) is 0 Å². The Morgan fingerprint density at radius 1 is 0.532 bits per heavy atom. The molecule has 3 aliphatic rings. The number of fused-ring (bicyclic) bond motifs is 2. The average Bonchev–Trinajstić information content (AvgIpc) is 3.55. The molecule has 3 heteroatoms. The Bertz CT molecular complexity index is 1690. The van der Waals surface area contributed by atoms with Crippen LogP contribution in [-0.4, -0.2) is 0 Å². The normalized spacial score (nSPS) is 19.1. The summed E-state index contributed by atoms with van der Waals surface area (Å²) in [5.41, 5.74) is 18.5. The van der Waals surface area contributed by atoms with Gasteiger partial charge in [0.1, 0.15) is 0 Å². The van der Waals surface area contributed by atoms with E-state index in [2.05, 4.69) is 152 Å². The fourth-order valence-corrected chi connectivity index (χ4v) is 37.1. The van der Waals surface area contributed by atoms with E-state index in [4.69, 9.17) is 0 Å². The Morgan fingerprint density at radius 2 is 0.894 bits per heavy atom. The summed E-state index contributed by atoms with van der Waals surface area (Å²) in [6.07, 6.45) is 7.58. The van der Waals surface area contributed by atoms with Gasteiger partial charge in [-0.25, -0.2) is 0 Å². The van der Waals surface area contributed by atoms with Gasteiger partial charge in [0.15, 0.2) is 0 Å². The second-order valence-electron chi connectivity index (χ2n) is 16.0. The molecule has 1 saturated heterocycles. The van der Waals surface area contributed by atoms with Crippen molar-refractivity contribution in [2.45, 2.75) is 94.8 Å². The number of hydrogen-bond donors (Lipinski definition) is 0. The van der Waals surface area contributed by atoms with Crippen molar-refractivity contribution in [2.24, 2.45) is 0 Å². The van der Waals surface area contributed by atoms with Crippen molar-refractivity contribution >= 4 is 37.0 Å². The van der Waals surface area contributed by atoms with Crippen molar-refractivity contribution in [2.75, 3.05) is 0 Å². The zero-order valence-electron chi connectivity index (χ0n) is 29.5. The van der Waals surface area contributed by atoms with Gasteiger partial charge in [-0.05, 0) is 0 Å². The fourth-order valence-electron chi connectivity index (χ4n) is 8.59. The molecule has 0 radical (unpaired) electrons. The summed E-state index contributed by atoms with van der Waals surface area (Å²) >= 11 is -2.89. The number of hydrogen-bond acceptors (Lipinski definition) is 0. The van der Waals surface area contributed by atoms with E-state index in [1.807, 2.05) is 0 Å². The maximum Gasteiger partial charge on any atom is -0.147 e. The standard InChI is InChI=1S/2C21H23.C2H4.2ClH.Hf/c2*1-5-15-13-17-7-6-8-19(20(17)14-15)16-9-11-18(12-10-16)21(2,3)4;1-2;;;/h2*6-14H,5H2,1-4H3;1-2H2;2*1H;. The monoisotopic (exact) mass is 830 g/mol. The molecule has 47 heavy (non-hydrogen) atoms. The molecule has 0 nitrogen and oxygen atoms in total. The van der Waals surface area contributed by atoms with Gasteiger partial charge in [-0.2, -0.15) is 0 Å². The van der Waals surface area contributed by atoms with Crippen LogP contribution in [0.3, 0.4) is 0 Å². The Balaban J connectivity index is 0.00000217. The van der Waals surface area contributed by atoms with Crippen LogP contribution in [0.4, 0.5) is 0 Å². The summed E-state index contributed by atoms with van der Waals surface area (Å²) in [5.74, 6) is 0. The van der Waals surface area contributed by atoms with Crippen LogP contribution < -0.4 is 0 Å². The molecular weight excluding hydrogens is 778 g/mol. The minimum atomic E-state index is -2.89. The van der Waals surface area contributed by atoms with Crippen LogP contribution in [0.1, 0.15) is 109 Å². The van der Waals surface area contributed by atoms with E-state index in [0.717, 1.165) is 12.8 Å². The third-order valence-electron chi connectivity index (χ3n) is 11.2. The number of allylic oxidation sites excluding steroid dienone is 2. The van der Waals surface area contributed by atoms with E-state index in [1.54, 1.807) is 22.3 Å². The summed E-state index contributed by atoms with van der Waals surface area (Å²) in [6.45, 7) is 18.6. The zero-order chi connectivity index (χ0) is 31.7. The molecule has 1 heterocycles. The van der Waals surface area contributed by atoms with Gasteiger partial charge >= 0.3 is 279 Å². The van der Waals surface area contributed by atoms with Crippen molar-refractivity contribution in [3.63, 3.8) is 0 Å². The van der Waals surface area contributed by atoms with E-state index < -0.39 is 20.0 Å². The third kappa shape index (κ3) is 6.24. The molecule has 1 fully saturated rings. The second-order valence-corrected chi connectivity index (χ2v) is 32.6. The third-order valence-corrected chi connectivity index (χ3v) is 30.3. The second kappa shape index (κ2) is 13.3. The van der Waals surface area contributed by atoms with Crippen molar-refractivity contribution in [3.05, 3.63) is 129 Å². The molecule has 0 bridgehead atoms. The van der Waals surface area contributed by atoms with E-state index >= 15 is 0 Å². The summed E-state index contributed by atoms with van der Waals surface area (Å²) in [7, 11) is 0. The molecule has 0 N–H and O–H groups in total. The molecule has 2 unspecified atom stereocenters. The van der Waals surface area contributed by atoms with Gasteiger partial charge in [0, 0.05) is 0 Å². The van der Waals surface area contributed by atoms with E-state index in [0.29, 0.717) is 7.35 Å². The van der Waals surface area contributed by atoms with Gasteiger partial charge in [0.2, 0.25) is 0 Å². The summed E-state index contributed by atoms with van der Waals surface area (Å²) in [6, 6.07) is 33.3. The molecule has 2 atom stereocenters. The van der Waals surface area contributed by atoms with Crippen LogP contribution in [0.2, 0.25) is 8.35 Å². The summed E-state index contributed by atoms with van der Waals surface area (Å²) < 4.78 is 4.44. The number of rotatable bonds is 6. The van der Waals surface area contributed by atoms with Gasteiger partial charge in [-0.3, -0.25) is 0 Å². The maximum absolute atomic E-state index is 2.89.